The van der Waals surface area contributed by atoms with Gasteiger partial charge in [0.1, 0.15) is 0 Å². The van der Waals surface area contributed by atoms with Gasteiger partial charge >= 0.3 is 0 Å². The third-order valence-corrected chi connectivity index (χ3v) is 5.73. The summed E-state index contributed by atoms with van der Waals surface area (Å²) in [6.45, 7) is 7.09. The SMILES string of the molecule is C=CCONC1CN([B]C=O)Cc2c1sc1c2CN([B]C=O)CC1. The van der Waals surface area contributed by atoms with Gasteiger partial charge in [-0.15, -0.1) is 17.9 Å². The van der Waals surface area contributed by atoms with Gasteiger partial charge in [-0.05, 0) is 24.1 Å². The molecule has 2 aliphatic heterocycles. The summed E-state index contributed by atoms with van der Waals surface area (Å²) in [5, 5.41) is 0. The van der Waals surface area contributed by atoms with E-state index in [9.17, 15) is 9.59 Å². The molecule has 1 atom stereocenters. The van der Waals surface area contributed by atoms with Gasteiger partial charge in [0, 0.05) is 29.4 Å². The minimum absolute atomic E-state index is 0.0176. The summed E-state index contributed by atoms with van der Waals surface area (Å²) in [6.07, 6.45) is 4.29. The van der Waals surface area contributed by atoms with Gasteiger partial charge in [-0.3, -0.25) is 4.84 Å². The summed E-state index contributed by atoms with van der Waals surface area (Å²) in [5.41, 5.74) is 5.64. The molecule has 9 heteroatoms. The topological polar surface area (TPSA) is 61.9 Å². The highest BCUT2D eigenvalue weighted by Gasteiger charge is 2.33. The summed E-state index contributed by atoms with van der Waals surface area (Å²) in [6, 6.07) is 0.0176. The maximum absolute atomic E-state index is 10.9. The third-order valence-electron chi connectivity index (χ3n) is 4.28. The van der Waals surface area contributed by atoms with Crippen LogP contribution in [0.3, 0.4) is 0 Å². The normalized spacial score (nSPS) is 20.8. The molecule has 2 aliphatic rings. The van der Waals surface area contributed by atoms with Gasteiger partial charge < -0.3 is 19.2 Å². The Labute approximate surface area is 147 Å². The average Bonchev–Trinajstić information content (AvgIpc) is 2.94. The second kappa shape index (κ2) is 8.22. The van der Waals surface area contributed by atoms with E-state index in [-0.39, 0.29) is 6.04 Å². The van der Waals surface area contributed by atoms with Crippen molar-refractivity contribution in [3.05, 3.63) is 33.5 Å². The zero-order valence-corrected chi connectivity index (χ0v) is 14.3. The third kappa shape index (κ3) is 3.70. The van der Waals surface area contributed by atoms with E-state index < -0.39 is 0 Å². The Kier molecular flexibility index (Phi) is 6.02. The molecule has 3 rings (SSSR count). The van der Waals surface area contributed by atoms with Crippen molar-refractivity contribution in [2.75, 3.05) is 19.7 Å². The molecule has 0 amide bonds. The predicted octanol–water partition coefficient (Wildman–Crippen LogP) is 0.289. The molecular formula is C15H19B2N3O3S. The number of nitrogens with zero attached hydrogens (tertiary/aromatic N) is 2. The van der Waals surface area contributed by atoms with E-state index in [2.05, 4.69) is 12.1 Å². The molecule has 0 saturated carbocycles. The van der Waals surface area contributed by atoms with E-state index in [1.54, 1.807) is 20.9 Å². The maximum Gasteiger partial charge on any atom is 0.293 e. The summed E-state index contributed by atoms with van der Waals surface area (Å²) >= 11 is 1.82. The lowest BCUT2D eigenvalue weighted by Gasteiger charge is -2.33. The van der Waals surface area contributed by atoms with Gasteiger partial charge in [-0.1, -0.05) is 6.08 Å². The van der Waals surface area contributed by atoms with Crippen LogP contribution in [0.15, 0.2) is 12.7 Å². The first-order valence-corrected chi connectivity index (χ1v) is 8.75. The zero-order valence-electron chi connectivity index (χ0n) is 13.4. The van der Waals surface area contributed by atoms with Crippen LogP contribution in [0.5, 0.6) is 0 Å². The fraction of sp³-hybridized carbons (Fsp3) is 0.467. The lowest BCUT2D eigenvalue weighted by atomic mass is 9.86. The number of hydroxylamine groups is 1. The first-order valence-electron chi connectivity index (χ1n) is 7.93. The Hall–Kier alpha value is -1.25. The van der Waals surface area contributed by atoms with Gasteiger partial charge in [0.15, 0.2) is 0 Å². The molecule has 1 aromatic heterocycles. The highest BCUT2D eigenvalue weighted by molar-refractivity contribution is 7.12. The number of hydrogen-bond acceptors (Lipinski definition) is 7. The van der Waals surface area contributed by atoms with E-state index in [4.69, 9.17) is 4.84 Å². The molecule has 124 valence electrons. The van der Waals surface area contributed by atoms with Crippen LogP contribution >= 0.6 is 11.3 Å². The van der Waals surface area contributed by atoms with Gasteiger partial charge in [0.25, 0.3) is 14.8 Å². The van der Waals surface area contributed by atoms with Crippen molar-refractivity contribution in [2.45, 2.75) is 25.6 Å². The molecule has 1 N–H and O–H groups in total. The number of carbonyl (C=O) groups is 2. The first kappa shape index (κ1) is 17.6. The molecular weight excluding hydrogens is 324 g/mol. The molecule has 2 radical (unpaired) electrons. The van der Waals surface area contributed by atoms with Gasteiger partial charge in [0.2, 0.25) is 0 Å². The molecule has 3 heterocycles. The van der Waals surface area contributed by atoms with Gasteiger partial charge in [-0.2, -0.15) is 5.48 Å². The van der Waals surface area contributed by atoms with Crippen molar-refractivity contribution in [3.8, 4) is 0 Å². The van der Waals surface area contributed by atoms with Crippen LogP contribution in [-0.4, -0.2) is 56.5 Å². The minimum atomic E-state index is 0.0176. The average molecular weight is 343 g/mol. The number of hydrogen-bond donors (Lipinski definition) is 1. The van der Waals surface area contributed by atoms with Crippen molar-refractivity contribution in [1.82, 2.24) is 15.1 Å². The summed E-state index contributed by atoms with van der Waals surface area (Å²) in [4.78, 5) is 33.8. The number of carbonyl (C=O) groups excluding carboxylic acids is 2. The largest absolute Gasteiger partial charge is 0.336 e. The Balaban J connectivity index is 1.85. The van der Waals surface area contributed by atoms with Crippen molar-refractivity contribution < 1.29 is 14.4 Å². The molecule has 0 bridgehead atoms. The fourth-order valence-corrected chi connectivity index (χ4v) is 4.58. The highest BCUT2D eigenvalue weighted by atomic mass is 32.1. The molecule has 0 fully saturated rings. The monoisotopic (exact) mass is 343 g/mol. The van der Waals surface area contributed by atoms with Crippen molar-refractivity contribution in [3.63, 3.8) is 0 Å². The lowest BCUT2D eigenvalue weighted by Crippen LogP contribution is -2.42. The van der Waals surface area contributed by atoms with Crippen LogP contribution in [0.1, 0.15) is 26.9 Å². The lowest BCUT2D eigenvalue weighted by molar-refractivity contribution is 0.0271. The molecule has 1 unspecified atom stereocenters. The molecule has 0 aromatic carbocycles. The number of thiophene rings is 1. The summed E-state index contributed by atoms with van der Waals surface area (Å²) in [7, 11) is 3.18. The fourth-order valence-electron chi connectivity index (χ4n) is 3.24. The van der Waals surface area contributed by atoms with Crippen molar-refractivity contribution in [2.24, 2.45) is 0 Å². The highest BCUT2D eigenvalue weighted by Crippen LogP contribution is 2.40. The van der Waals surface area contributed by atoms with E-state index in [1.807, 2.05) is 21.0 Å². The number of fused-ring (bicyclic) bond motifs is 3. The molecule has 1 aromatic rings. The van der Waals surface area contributed by atoms with E-state index in [0.29, 0.717) is 19.7 Å². The van der Waals surface area contributed by atoms with E-state index in [0.717, 1.165) is 31.9 Å². The van der Waals surface area contributed by atoms with Crippen LogP contribution in [0.25, 0.3) is 0 Å². The second-order valence-electron chi connectivity index (χ2n) is 5.84. The van der Waals surface area contributed by atoms with Crippen LogP contribution in [0.4, 0.5) is 0 Å². The molecule has 0 spiro atoms. The molecule has 6 nitrogen and oxygen atoms in total. The van der Waals surface area contributed by atoms with Crippen molar-refractivity contribution >= 4 is 38.5 Å². The second-order valence-corrected chi connectivity index (χ2v) is 6.97. The number of nitrogens with one attached hydrogen (secondary N) is 1. The molecule has 0 saturated heterocycles. The minimum Gasteiger partial charge on any atom is -0.336 e. The molecule has 0 aliphatic carbocycles. The van der Waals surface area contributed by atoms with E-state index >= 15 is 0 Å². The zero-order chi connectivity index (χ0) is 16.9. The Morgan fingerprint density at radius 1 is 1.25 bits per heavy atom. The van der Waals surface area contributed by atoms with Crippen LogP contribution < -0.4 is 5.48 Å². The first-order chi connectivity index (χ1) is 11.8. The Morgan fingerprint density at radius 2 is 2.00 bits per heavy atom. The number of rotatable bonds is 8. The van der Waals surface area contributed by atoms with Gasteiger partial charge in [-0.25, -0.2) is 0 Å². The Morgan fingerprint density at radius 3 is 2.75 bits per heavy atom. The van der Waals surface area contributed by atoms with Crippen molar-refractivity contribution in [1.29, 1.82) is 0 Å². The van der Waals surface area contributed by atoms with Crippen LogP contribution in [0, 0.1) is 0 Å². The van der Waals surface area contributed by atoms with Crippen LogP contribution in [-0.2, 0) is 33.9 Å². The standard InChI is InChI=1S/C15H19B2N3O3S/c1-2-5-23-18-13-8-20(17-10-22)7-12-11-6-19(16-9-21)4-3-14(11)24-15(12)13/h2,9-10,13,18H,1,3-8H2. The predicted molar refractivity (Wildman–Crippen MR) is 95.9 cm³/mol. The molecule has 24 heavy (non-hydrogen) atoms. The van der Waals surface area contributed by atoms with Gasteiger partial charge in [0.05, 0.1) is 25.0 Å². The summed E-state index contributed by atoms with van der Waals surface area (Å²) in [5.74, 6) is 0. The summed E-state index contributed by atoms with van der Waals surface area (Å²) < 4.78 is 0. The smallest absolute Gasteiger partial charge is 0.293 e. The Bertz CT molecular complexity index is 625. The van der Waals surface area contributed by atoms with E-state index in [1.165, 1.54) is 20.9 Å². The quantitative estimate of drug-likeness (QED) is 0.241. The maximum atomic E-state index is 10.9. The van der Waals surface area contributed by atoms with Crippen LogP contribution in [0.2, 0.25) is 0 Å².